The Morgan fingerprint density at radius 3 is 2.67 bits per heavy atom. The standard InChI is InChI=1S/C13H9ClFNO2/c14-8-4-5-11(12(15)6-8)13(18)16-9-2-1-3-10(17)7-9/h1-7,17H,(H,16,18). The van der Waals surface area contributed by atoms with Crippen LogP contribution >= 0.6 is 11.6 Å². The van der Waals surface area contributed by atoms with E-state index in [1.165, 1.54) is 24.3 Å². The Bertz CT molecular complexity index is 601. The van der Waals surface area contributed by atoms with Gasteiger partial charge in [-0.15, -0.1) is 0 Å². The second kappa shape index (κ2) is 5.06. The second-order valence-electron chi connectivity index (χ2n) is 3.63. The number of phenolic OH excluding ortho intramolecular Hbond substituents is 1. The molecule has 0 saturated carbocycles. The summed E-state index contributed by atoms with van der Waals surface area (Å²) in [7, 11) is 0. The predicted molar refractivity (Wildman–Crippen MR) is 67.5 cm³/mol. The molecule has 2 N–H and O–H groups in total. The molecule has 18 heavy (non-hydrogen) atoms. The first-order chi connectivity index (χ1) is 8.56. The van der Waals surface area contributed by atoms with Gasteiger partial charge in [0.15, 0.2) is 0 Å². The van der Waals surface area contributed by atoms with Crippen molar-refractivity contribution in [1.29, 1.82) is 0 Å². The molecule has 2 aromatic rings. The van der Waals surface area contributed by atoms with Crippen LogP contribution in [0.15, 0.2) is 42.5 Å². The molecule has 2 aromatic carbocycles. The topological polar surface area (TPSA) is 49.3 Å². The van der Waals surface area contributed by atoms with Crippen molar-refractivity contribution >= 4 is 23.2 Å². The molecule has 0 atom stereocenters. The second-order valence-corrected chi connectivity index (χ2v) is 4.07. The maximum absolute atomic E-state index is 13.5. The molecule has 0 heterocycles. The Labute approximate surface area is 108 Å². The van der Waals surface area contributed by atoms with Crippen LogP contribution in [0.2, 0.25) is 5.02 Å². The van der Waals surface area contributed by atoms with E-state index in [0.717, 1.165) is 6.07 Å². The molecule has 5 heteroatoms. The summed E-state index contributed by atoms with van der Waals surface area (Å²) in [4.78, 5) is 11.8. The van der Waals surface area contributed by atoms with Crippen LogP contribution in [0, 0.1) is 5.82 Å². The molecule has 0 spiro atoms. The highest BCUT2D eigenvalue weighted by atomic mass is 35.5. The van der Waals surface area contributed by atoms with E-state index in [2.05, 4.69) is 5.32 Å². The monoisotopic (exact) mass is 265 g/mol. The number of carbonyl (C=O) groups excluding carboxylic acids is 1. The first-order valence-electron chi connectivity index (χ1n) is 5.12. The van der Waals surface area contributed by atoms with E-state index in [9.17, 15) is 14.3 Å². The van der Waals surface area contributed by atoms with E-state index < -0.39 is 11.7 Å². The van der Waals surface area contributed by atoms with E-state index >= 15 is 0 Å². The highest BCUT2D eigenvalue weighted by Gasteiger charge is 2.12. The van der Waals surface area contributed by atoms with Crippen LogP contribution < -0.4 is 5.32 Å². The summed E-state index contributed by atoms with van der Waals surface area (Å²) >= 11 is 5.60. The minimum absolute atomic E-state index is 0.0179. The van der Waals surface area contributed by atoms with Gasteiger partial charge in [0.1, 0.15) is 11.6 Å². The highest BCUT2D eigenvalue weighted by molar-refractivity contribution is 6.30. The lowest BCUT2D eigenvalue weighted by Gasteiger charge is -2.06. The van der Waals surface area contributed by atoms with Crippen molar-refractivity contribution in [2.75, 3.05) is 5.32 Å². The maximum atomic E-state index is 13.5. The van der Waals surface area contributed by atoms with E-state index in [0.29, 0.717) is 5.69 Å². The summed E-state index contributed by atoms with van der Waals surface area (Å²) < 4.78 is 13.5. The Morgan fingerprint density at radius 2 is 2.00 bits per heavy atom. The van der Waals surface area contributed by atoms with Gasteiger partial charge in [-0.2, -0.15) is 0 Å². The summed E-state index contributed by atoms with van der Waals surface area (Å²) in [5, 5.41) is 11.9. The lowest BCUT2D eigenvalue weighted by molar-refractivity contribution is 0.102. The van der Waals surface area contributed by atoms with Gasteiger partial charge in [0.25, 0.3) is 5.91 Å². The zero-order valence-corrected chi connectivity index (χ0v) is 9.91. The predicted octanol–water partition coefficient (Wildman–Crippen LogP) is 3.44. The normalized spacial score (nSPS) is 10.1. The molecular weight excluding hydrogens is 257 g/mol. The lowest BCUT2D eigenvalue weighted by Crippen LogP contribution is -2.13. The zero-order valence-electron chi connectivity index (χ0n) is 9.15. The number of rotatable bonds is 2. The largest absolute Gasteiger partial charge is 0.508 e. The lowest BCUT2D eigenvalue weighted by atomic mass is 10.2. The van der Waals surface area contributed by atoms with Crippen molar-refractivity contribution in [3.8, 4) is 5.75 Å². The molecular formula is C13H9ClFNO2. The number of halogens is 2. The number of amides is 1. The average molecular weight is 266 g/mol. The van der Waals surface area contributed by atoms with Crippen LogP contribution in [0.5, 0.6) is 5.75 Å². The summed E-state index contributed by atoms with van der Waals surface area (Å²) in [5.74, 6) is -1.28. The summed E-state index contributed by atoms with van der Waals surface area (Å²) in [5.41, 5.74) is 0.275. The SMILES string of the molecule is O=C(Nc1cccc(O)c1)c1ccc(Cl)cc1F. The van der Waals surface area contributed by atoms with Crippen LogP contribution in [0.25, 0.3) is 0 Å². The van der Waals surface area contributed by atoms with Crippen molar-refractivity contribution in [3.63, 3.8) is 0 Å². The third kappa shape index (κ3) is 2.78. The maximum Gasteiger partial charge on any atom is 0.258 e. The van der Waals surface area contributed by atoms with Gasteiger partial charge in [0.2, 0.25) is 0 Å². The number of phenols is 1. The van der Waals surface area contributed by atoms with Crippen molar-refractivity contribution in [1.82, 2.24) is 0 Å². The number of carbonyl (C=O) groups is 1. The molecule has 0 aliphatic heterocycles. The van der Waals surface area contributed by atoms with Crippen LogP contribution in [-0.4, -0.2) is 11.0 Å². The summed E-state index contributed by atoms with van der Waals surface area (Å²) in [6.07, 6.45) is 0. The molecule has 2 rings (SSSR count). The van der Waals surface area contributed by atoms with E-state index in [-0.39, 0.29) is 16.3 Å². The summed E-state index contributed by atoms with van der Waals surface area (Å²) in [6.45, 7) is 0. The first kappa shape index (κ1) is 12.4. The van der Waals surface area contributed by atoms with Gasteiger partial charge in [-0.1, -0.05) is 17.7 Å². The molecule has 0 radical (unpaired) electrons. The molecule has 0 unspecified atom stereocenters. The van der Waals surface area contributed by atoms with Crippen LogP contribution in [0.3, 0.4) is 0 Å². The minimum atomic E-state index is -0.694. The van der Waals surface area contributed by atoms with Gasteiger partial charge in [0, 0.05) is 16.8 Å². The number of hydrogen-bond donors (Lipinski definition) is 2. The smallest absolute Gasteiger partial charge is 0.258 e. The molecule has 3 nitrogen and oxygen atoms in total. The molecule has 0 fully saturated rings. The van der Waals surface area contributed by atoms with Crippen molar-refractivity contribution < 1.29 is 14.3 Å². The van der Waals surface area contributed by atoms with E-state index in [1.54, 1.807) is 12.1 Å². The molecule has 1 amide bonds. The van der Waals surface area contributed by atoms with Gasteiger partial charge in [-0.25, -0.2) is 4.39 Å². The van der Waals surface area contributed by atoms with E-state index in [4.69, 9.17) is 11.6 Å². The molecule has 0 aliphatic carbocycles. The van der Waals surface area contributed by atoms with Crippen molar-refractivity contribution in [2.45, 2.75) is 0 Å². The Kier molecular flexibility index (Phi) is 3.48. The van der Waals surface area contributed by atoms with Gasteiger partial charge in [0.05, 0.1) is 5.56 Å². The van der Waals surface area contributed by atoms with Crippen LogP contribution in [0.4, 0.5) is 10.1 Å². The average Bonchev–Trinajstić information content (AvgIpc) is 2.28. The minimum Gasteiger partial charge on any atom is -0.508 e. The van der Waals surface area contributed by atoms with Crippen LogP contribution in [0.1, 0.15) is 10.4 Å². The fourth-order valence-corrected chi connectivity index (χ4v) is 1.61. The molecule has 0 aliphatic rings. The highest BCUT2D eigenvalue weighted by Crippen LogP contribution is 2.18. The Morgan fingerprint density at radius 1 is 1.22 bits per heavy atom. The third-order valence-corrected chi connectivity index (χ3v) is 2.51. The first-order valence-corrected chi connectivity index (χ1v) is 5.49. The van der Waals surface area contributed by atoms with Gasteiger partial charge < -0.3 is 10.4 Å². The molecule has 0 aromatic heterocycles. The van der Waals surface area contributed by atoms with E-state index in [1.807, 2.05) is 0 Å². The summed E-state index contributed by atoms with van der Waals surface area (Å²) in [6, 6.07) is 9.80. The fraction of sp³-hybridized carbons (Fsp3) is 0. The molecule has 0 saturated heterocycles. The van der Waals surface area contributed by atoms with Gasteiger partial charge in [-0.3, -0.25) is 4.79 Å². The van der Waals surface area contributed by atoms with Gasteiger partial charge in [-0.05, 0) is 30.3 Å². The fourth-order valence-electron chi connectivity index (χ4n) is 1.46. The van der Waals surface area contributed by atoms with Crippen molar-refractivity contribution in [2.24, 2.45) is 0 Å². The van der Waals surface area contributed by atoms with Gasteiger partial charge >= 0.3 is 0 Å². The molecule has 92 valence electrons. The number of anilines is 1. The number of nitrogens with one attached hydrogen (secondary N) is 1. The Hall–Kier alpha value is -2.07. The zero-order chi connectivity index (χ0) is 13.1. The third-order valence-electron chi connectivity index (χ3n) is 2.28. The number of hydrogen-bond acceptors (Lipinski definition) is 2. The molecule has 0 bridgehead atoms. The van der Waals surface area contributed by atoms with Crippen molar-refractivity contribution in [3.05, 3.63) is 58.9 Å². The number of aromatic hydroxyl groups is 1. The quantitative estimate of drug-likeness (QED) is 0.874. The number of benzene rings is 2. The Balaban J connectivity index is 2.22. The van der Waals surface area contributed by atoms with Crippen LogP contribution in [-0.2, 0) is 0 Å².